The van der Waals surface area contributed by atoms with Gasteiger partial charge in [-0.2, -0.15) is 0 Å². The first-order valence-corrected chi connectivity index (χ1v) is 7.21. The third-order valence-electron chi connectivity index (χ3n) is 3.10. The van der Waals surface area contributed by atoms with Crippen LogP contribution in [-0.4, -0.2) is 17.1 Å². The SMILES string of the molecule is CCCCCCC(C)Nc1cc(Cl)ccc1C(=O)O. The van der Waals surface area contributed by atoms with E-state index in [-0.39, 0.29) is 11.6 Å². The van der Waals surface area contributed by atoms with E-state index in [1.165, 1.54) is 25.3 Å². The molecule has 0 bridgehead atoms. The highest BCUT2D eigenvalue weighted by molar-refractivity contribution is 6.31. The molecule has 0 aliphatic heterocycles. The molecular formula is C15H22ClNO2. The molecule has 106 valence electrons. The Kier molecular flexibility index (Phi) is 6.71. The Labute approximate surface area is 120 Å². The van der Waals surface area contributed by atoms with Crippen LogP contribution < -0.4 is 5.32 Å². The Bertz CT molecular complexity index is 421. The molecule has 19 heavy (non-hydrogen) atoms. The van der Waals surface area contributed by atoms with Crippen LogP contribution in [0, 0.1) is 0 Å². The highest BCUT2D eigenvalue weighted by Crippen LogP contribution is 2.22. The van der Waals surface area contributed by atoms with Crippen LogP contribution in [0.25, 0.3) is 0 Å². The van der Waals surface area contributed by atoms with Gasteiger partial charge in [-0.25, -0.2) is 4.79 Å². The lowest BCUT2D eigenvalue weighted by Crippen LogP contribution is -2.17. The van der Waals surface area contributed by atoms with Gasteiger partial charge in [-0.05, 0) is 31.5 Å². The second-order valence-electron chi connectivity index (χ2n) is 4.89. The number of unbranched alkanes of at least 4 members (excludes halogenated alkanes) is 3. The molecule has 0 radical (unpaired) electrons. The summed E-state index contributed by atoms with van der Waals surface area (Å²) >= 11 is 5.92. The van der Waals surface area contributed by atoms with E-state index < -0.39 is 5.97 Å². The first kappa shape index (κ1) is 15.8. The van der Waals surface area contributed by atoms with Gasteiger partial charge in [0.1, 0.15) is 0 Å². The molecule has 4 heteroatoms. The van der Waals surface area contributed by atoms with E-state index in [4.69, 9.17) is 16.7 Å². The maximum atomic E-state index is 11.1. The second-order valence-corrected chi connectivity index (χ2v) is 5.33. The van der Waals surface area contributed by atoms with Gasteiger partial charge in [0.2, 0.25) is 0 Å². The van der Waals surface area contributed by atoms with Gasteiger partial charge in [0.15, 0.2) is 0 Å². The minimum absolute atomic E-state index is 0.244. The number of rotatable bonds is 8. The predicted molar refractivity (Wildman–Crippen MR) is 80.3 cm³/mol. The summed E-state index contributed by atoms with van der Waals surface area (Å²) in [5.74, 6) is -0.933. The lowest BCUT2D eigenvalue weighted by atomic mass is 10.1. The van der Waals surface area contributed by atoms with Crippen LogP contribution in [0.2, 0.25) is 5.02 Å². The fourth-order valence-electron chi connectivity index (χ4n) is 2.04. The number of halogens is 1. The average molecular weight is 284 g/mol. The molecule has 1 unspecified atom stereocenters. The zero-order valence-electron chi connectivity index (χ0n) is 11.6. The molecule has 1 aromatic carbocycles. The zero-order chi connectivity index (χ0) is 14.3. The minimum Gasteiger partial charge on any atom is -0.478 e. The van der Waals surface area contributed by atoms with Gasteiger partial charge in [-0.1, -0.05) is 44.2 Å². The van der Waals surface area contributed by atoms with Crippen LogP contribution in [0.3, 0.4) is 0 Å². The Morgan fingerprint density at radius 1 is 1.37 bits per heavy atom. The summed E-state index contributed by atoms with van der Waals surface area (Å²) in [6.07, 6.45) is 5.89. The molecule has 0 aromatic heterocycles. The van der Waals surface area contributed by atoms with Crippen LogP contribution in [0.4, 0.5) is 5.69 Å². The van der Waals surface area contributed by atoms with E-state index in [9.17, 15) is 4.79 Å². The highest BCUT2D eigenvalue weighted by atomic mass is 35.5. The van der Waals surface area contributed by atoms with Gasteiger partial charge in [0, 0.05) is 11.1 Å². The normalized spacial score (nSPS) is 12.2. The summed E-state index contributed by atoms with van der Waals surface area (Å²) in [6, 6.07) is 5.06. The summed E-state index contributed by atoms with van der Waals surface area (Å²) in [5, 5.41) is 12.9. The molecule has 2 N–H and O–H groups in total. The number of benzene rings is 1. The summed E-state index contributed by atoms with van der Waals surface area (Å²) in [4.78, 5) is 11.1. The summed E-state index contributed by atoms with van der Waals surface area (Å²) in [5.41, 5.74) is 0.868. The lowest BCUT2D eigenvalue weighted by Gasteiger charge is -2.17. The van der Waals surface area contributed by atoms with Crippen molar-refractivity contribution in [2.75, 3.05) is 5.32 Å². The van der Waals surface area contributed by atoms with E-state index in [1.54, 1.807) is 12.1 Å². The molecule has 1 rings (SSSR count). The van der Waals surface area contributed by atoms with Gasteiger partial charge in [-0.3, -0.25) is 0 Å². The van der Waals surface area contributed by atoms with E-state index in [1.807, 2.05) is 0 Å². The molecule has 0 saturated heterocycles. The number of aromatic carboxylic acids is 1. The lowest BCUT2D eigenvalue weighted by molar-refractivity contribution is 0.0698. The third-order valence-corrected chi connectivity index (χ3v) is 3.34. The minimum atomic E-state index is -0.933. The van der Waals surface area contributed by atoms with E-state index in [0.717, 1.165) is 12.8 Å². The number of carbonyl (C=O) groups is 1. The Balaban J connectivity index is 2.60. The van der Waals surface area contributed by atoms with Crippen LogP contribution >= 0.6 is 11.6 Å². The Morgan fingerprint density at radius 2 is 2.11 bits per heavy atom. The van der Waals surface area contributed by atoms with Crippen molar-refractivity contribution in [2.45, 2.75) is 52.0 Å². The Morgan fingerprint density at radius 3 is 2.74 bits per heavy atom. The average Bonchev–Trinajstić information content (AvgIpc) is 2.34. The van der Waals surface area contributed by atoms with E-state index in [0.29, 0.717) is 10.7 Å². The number of anilines is 1. The van der Waals surface area contributed by atoms with Crippen molar-refractivity contribution in [3.63, 3.8) is 0 Å². The largest absolute Gasteiger partial charge is 0.478 e. The van der Waals surface area contributed by atoms with Crippen molar-refractivity contribution in [1.82, 2.24) is 0 Å². The quantitative estimate of drug-likeness (QED) is 0.673. The molecule has 1 aromatic rings. The van der Waals surface area contributed by atoms with Crippen LogP contribution in [0.1, 0.15) is 56.3 Å². The number of nitrogens with one attached hydrogen (secondary N) is 1. The summed E-state index contributed by atoms with van der Waals surface area (Å²) in [7, 11) is 0. The van der Waals surface area contributed by atoms with Crippen molar-refractivity contribution in [3.8, 4) is 0 Å². The van der Waals surface area contributed by atoms with E-state index >= 15 is 0 Å². The predicted octanol–water partition coefficient (Wildman–Crippen LogP) is 4.81. The molecule has 1 atom stereocenters. The number of hydrogen-bond donors (Lipinski definition) is 2. The molecule has 0 heterocycles. The summed E-state index contributed by atoms with van der Waals surface area (Å²) in [6.45, 7) is 4.26. The fraction of sp³-hybridized carbons (Fsp3) is 0.533. The first-order valence-electron chi connectivity index (χ1n) is 6.84. The highest BCUT2D eigenvalue weighted by Gasteiger charge is 2.12. The van der Waals surface area contributed by atoms with Gasteiger partial charge in [0.05, 0.1) is 11.3 Å². The standard InChI is InChI=1S/C15H22ClNO2/c1-3-4-5-6-7-11(2)17-14-10-12(16)8-9-13(14)15(18)19/h8-11,17H,3-7H2,1-2H3,(H,18,19). The molecule has 0 saturated carbocycles. The fourth-order valence-corrected chi connectivity index (χ4v) is 2.21. The van der Waals surface area contributed by atoms with Crippen LogP contribution in [0.5, 0.6) is 0 Å². The van der Waals surface area contributed by atoms with Crippen molar-refractivity contribution >= 4 is 23.3 Å². The zero-order valence-corrected chi connectivity index (χ0v) is 12.3. The van der Waals surface area contributed by atoms with Gasteiger partial charge in [-0.15, -0.1) is 0 Å². The van der Waals surface area contributed by atoms with Crippen LogP contribution in [-0.2, 0) is 0 Å². The van der Waals surface area contributed by atoms with Crippen molar-refractivity contribution in [1.29, 1.82) is 0 Å². The monoisotopic (exact) mass is 283 g/mol. The second kappa shape index (κ2) is 8.05. The molecule has 0 amide bonds. The molecule has 0 aliphatic rings. The molecular weight excluding hydrogens is 262 g/mol. The van der Waals surface area contributed by atoms with Gasteiger partial charge < -0.3 is 10.4 Å². The van der Waals surface area contributed by atoms with Crippen molar-refractivity contribution in [3.05, 3.63) is 28.8 Å². The van der Waals surface area contributed by atoms with Crippen LogP contribution in [0.15, 0.2) is 18.2 Å². The van der Waals surface area contributed by atoms with E-state index in [2.05, 4.69) is 19.2 Å². The Hall–Kier alpha value is -1.22. The molecule has 0 spiro atoms. The van der Waals surface area contributed by atoms with Gasteiger partial charge >= 0.3 is 5.97 Å². The maximum absolute atomic E-state index is 11.1. The third kappa shape index (κ3) is 5.52. The van der Waals surface area contributed by atoms with Gasteiger partial charge in [0.25, 0.3) is 0 Å². The number of carboxylic acid groups (broad SMARTS) is 1. The molecule has 3 nitrogen and oxygen atoms in total. The first-order chi connectivity index (χ1) is 9.04. The molecule has 0 aliphatic carbocycles. The van der Waals surface area contributed by atoms with Crippen molar-refractivity contribution < 1.29 is 9.90 Å². The molecule has 0 fully saturated rings. The smallest absolute Gasteiger partial charge is 0.337 e. The number of hydrogen-bond acceptors (Lipinski definition) is 2. The topological polar surface area (TPSA) is 49.3 Å². The number of carboxylic acids is 1. The van der Waals surface area contributed by atoms with Crippen molar-refractivity contribution in [2.24, 2.45) is 0 Å². The summed E-state index contributed by atoms with van der Waals surface area (Å²) < 4.78 is 0. The maximum Gasteiger partial charge on any atom is 0.337 e.